The molecule has 6 nitrogen and oxygen atoms in total. The van der Waals surface area contributed by atoms with Gasteiger partial charge in [-0.05, 0) is 0 Å². The third-order valence-electron chi connectivity index (χ3n) is 0. The zero-order valence-corrected chi connectivity index (χ0v) is 4.62. The summed E-state index contributed by atoms with van der Waals surface area (Å²) in [4.78, 5) is 0. The summed E-state index contributed by atoms with van der Waals surface area (Å²) in [6.45, 7) is 6.00. The fourth-order valence-corrected chi connectivity index (χ4v) is 0. The lowest BCUT2D eigenvalue weighted by Crippen LogP contribution is -0.552. The fraction of sp³-hybridized carbons (Fsp3) is 0. The first-order chi connectivity index (χ1) is 1.00. The molecule has 0 bridgehead atoms. The van der Waals surface area contributed by atoms with E-state index in [0.717, 1.165) is 0 Å². The number of hydrogen-bond donors (Lipinski definition) is 2. The molecule has 0 aliphatic heterocycles. The topological polar surface area (TPSA) is 190 Å². The molecule has 0 unspecified atom stereocenters. The van der Waals surface area contributed by atoms with E-state index in [9.17, 15) is 0 Å². The van der Waals surface area contributed by atoms with E-state index in [4.69, 9.17) is 0 Å². The van der Waals surface area contributed by atoms with Crippen LogP contribution in [0.4, 0.5) is 0 Å². The molecule has 8 heavy (non-hydrogen) atoms. The van der Waals surface area contributed by atoms with Crippen LogP contribution in [0, 0.1) is 0 Å². The van der Waals surface area contributed by atoms with Crippen LogP contribution >= 0.6 is 0 Å². The van der Waals surface area contributed by atoms with Crippen LogP contribution in [0.1, 0.15) is 0 Å². The van der Waals surface area contributed by atoms with E-state index in [1.165, 1.54) is 0 Å². The van der Waals surface area contributed by atoms with Gasteiger partial charge in [-0.15, -0.1) is 13.2 Å². The van der Waals surface area contributed by atoms with Crippen molar-refractivity contribution in [2.45, 2.75) is 0 Å². The van der Waals surface area contributed by atoms with Crippen LogP contribution in [0.2, 0.25) is 0 Å². The minimum atomic E-state index is 0. The highest BCUT2D eigenvalue weighted by atomic mass is 16.0. The van der Waals surface area contributed by atoms with Gasteiger partial charge in [-0.3, -0.25) is 0 Å². The van der Waals surface area contributed by atoms with Gasteiger partial charge in [0.15, 0.2) is 0 Å². The van der Waals surface area contributed by atoms with Gasteiger partial charge in [0.2, 0.25) is 0 Å². The quantitative estimate of drug-likeness (QED) is 0.446. The highest BCUT2D eigenvalue weighted by Gasteiger charge is 0.601. The second kappa shape index (κ2) is 787. The minimum absolute atomic E-state index is 0. The van der Waals surface area contributed by atoms with Crippen LogP contribution < -0.4 is 12.3 Å². The third kappa shape index (κ3) is 446. The van der Waals surface area contributed by atoms with Crippen molar-refractivity contribution in [1.29, 1.82) is 0 Å². The van der Waals surface area contributed by atoms with Gasteiger partial charge in [-0.1, -0.05) is 0 Å². The van der Waals surface area contributed by atoms with E-state index < -0.39 is 0 Å². The molecule has 0 spiro atoms. The Bertz CT molecular complexity index is 12.0. The first kappa shape index (κ1) is 1270. The standard InChI is InChI=1S/C2H4.2H3N.4H2O/c1-2;;;;;;/h1-2H2;2*1H3;4*1H2/p-4. The summed E-state index contributed by atoms with van der Waals surface area (Å²) >= 11 is 0. The molecule has 0 saturated heterocycles. The average molecular weight is 130 g/mol. The fourth-order valence-electron chi connectivity index (χ4n) is 0. The Morgan fingerprint density at radius 3 is 0.500 bits per heavy atom. The molecule has 0 heterocycles. The lowest BCUT2D eigenvalue weighted by molar-refractivity contribution is 0.823. The van der Waals surface area contributed by atoms with E-state index in [1.54, 1.807) is 0 Å². The summed E-state index contributed by atoms with van der Waals surface area (Å²) in [7, 11) is 0. The molecule has 0 aromatic rings. The van der Waals surface area contributed by atoms with Gasteiger partial charge in [-0.25, -0.2) is 0 Å². The monoisotopic (exact) mass is 130 g/mol. The van der Waals surface area contributed by atoms with Crippen LogP contribution in [0.15, 0.2) is 13.2 Å². The molecule has 0 amide bonds. The summed E-state index contributed by atoms with van der Waals surface area (Å²) < 4.78 is 0. The Kier molecular flexibility index (Phi) is 125000. The second-order valence-electron chi connectivity index (χ2n) is 0. The minimum Gasteiger partial charge on any atom is -0.870 e. The Hall–Kier alpha value is -0.500. The molecule has 6 heteroatoms. The van der Waals surface area contributed by atoms with Crippen molar-refractivity contribution in [1.82, 2.24) is 12.3 Å². The second-order valence-corrected chi connectivity index (χ2v) is 0. The molecule has 0 aliphatic carbocycles. The maximum absolute atomic E-state index is 3.00. The maximum atomic E-state index is 3.00. The van der Waals surface area contributed by atoms with Crippen molar-refractivity contribution in [2.75, 3.05) is 0 Å². The van der Waals surface area contributed by atoms with Crippen molar-refractivity contribution in [2.24, 2.45) is 0 Å². The summed E-state index contributed by atoms with van der Waals surface area (Å²) in [5.41, 5.74) is 0. The highest BCUT2D eigenvalue weighted by Crippen LogP contribution is 0.862. The number of rotatable bonds is 0. The molecule has 0 atom stereocenters. The van der Waals surface area contributed by atoms with Crippen LogP contribution in [0.3, 0.4) is 0 Å². The molecular formula is C2H14N2O4-4. The van der Waals surface area contributed by atoms with E-state index >= 15 is 0 Å². The van der Waals surface area contributed by atoms with Crippen molar-refractivity contribution in [3.63, 3.8) is 0 Å². The van der Waals surface area contributed by atoms with Crippen LogP contribution in [-0.2, 0) is 0 Å². The third-order valence-corrected chi connectivity index (χ3v) is 0. The molecule has 0 aromatic carbocycles. The van der Waals surface area contributed by atoms with E-state index in [-0.39, 0.29) is 34.2 Å². The van der Waals surface area contributed by atoms with Crippen molar-refractivity contribution in [3.8, 4) is 0 Å². The van der Waals surface area contributed by atoms with E-state index in [1.807, 2.05) is 0 Å². The Balaban J connectivity index is -0.000000000333. The lowest BCUT2D eigenvalue weighted by atomic mass is 11.3. The summed E-state index contributed by atoms with van der Waals surface area (Å²) in [6, 6.07) is 0. The van der Waals surface area contributed by atoms with Crippen LogP contribution in [0.25, 0.3) is 0 Å². The van der Waals surface area contributed by atoms with Gasteiger partial charge in [0.05, 0.1) is 0 Å². The SMILES string of the molecule is C=C.N.N.[OH-].[OH-].[OH-].[OH-]. The molecule has 60 valence electrons. The van der Waals surface area contributed by atoms with Crippen LogP contribution in [0.5, 0.6) is 0 Å². The predicted molar refractivity (Wildman–Crippen MR) is 29.0 cm³/mol. The van der Waals surface area contributed by atoms with E-state index in [0.29, 0.717) is 0 Å². The first-order valence-corrected chi connectivity index (χ1v) is 0.500. The zero-order valence-electron chi connectivity index (χ0n) is 4.62. The normalized spacial score (nSPS) is 0.500. The molecule has 0 rings (SSSR count). The summed E-state index contributed by atoms with van der Waals surface area (Å²) in [5.74, 6) is 0. The molecule has 0 aromatic heterocycles. The Morgan fingerprint density at radius 2 is 0.500 bits per heavy atom. The van der Waals surface area contributed by atoms with E-state index in [2.05, 4.69) is 13.2 Å². The zero-order chi connectivity index (χ0) is 2.00. The van der Waals surface area contributed by atoms with Gasteiger partial charge >= 0.3 is 0 Å². The number of hydrogen-bond acceptors (Lipinski definition) is 6. The predicted octanol–water partition coefficient (Wildman–Crippen LogP) is 0.419. The van der Waals surface area contributed by atoms with Crippen molar-refractivity contribution in [3.05, 3.63) is 13.2 Å². The lowest BCUT2D eigenvalue weighted by Gasteiger charge is -0.871. The average Bonchev–Trinajstić information content (AvgIpc) is 1.00. The largest absolute Gasteiger partial charge is 0.870 e. The van der Waals surface area contributed by atoms with Crippen molar-refractivity contribution < 1.29 is 21.9 Å². The molecule has 0 radical (unpaired) electrons. The van der Waals surface area contributed by atoms with Gasteiger partial charge in [0, 0.05) is 0 Å². The van der Waals surface area contributed by atoms with Gasteiger partial charge in [0.1, 0.15) is 0 Å². The smallest absolute Gasteiger partial charge is 0.106 e. The van der Waals surface area contributed by atoms with Crippen LogP contribution in [-0.4, -0.2) is 21.9 Å². The Labute approximate surface area is 48.6 Å². The van der Waals surface area contributed by atoms with Gasteiger partial charge in [0.25, 0.3) is 0 Å². The molecule has 0 saturated carbocycles. The van der Waals surface area contributed by atoms with Gasteiger partial charge < -0.3 is 34.2 Å². The first-order valence-electron chi connectivity index (χ1n) is 0.500. The summed E-state index contributed by atoms with van der Waals surface area (Å²) in [6.07, 6.45) is 0. The molecular weight excluding hydrogens is 116 g/mol. The molecule has 0 aliphatic rings. The summed E-state index contributed by atoms with van der Waals surface area (Å²) in [5, 5.41) is 0. The highest BCUT2D eigenvalue weighted by molar-refractivity contribution is 4.22. The van der Waals surface area contributed by atoms with Crippen molar-refractivity contribution >= 4 is 0 Å². The molecule has 10 N–H and O–H groups in total. The maximum Gasteiger partial charge on any atom is -0.106 e. The Morgan fingerprint density at radius 1 is 0.500 bits per heavy atom. The molecule has 0 fully saturated rings. The van der Waals surface area contributed by atoms with Gasteiger partial charge in [-0.2, -0.15) is 0 Å².